The van der Waals surface area contributed by atoms with Crippen LogP contribution in [0.5, 0.6) is 0 Å². The van der Waals surface area contributed by atoms with E-state index in [2.05, 4.69) is 15.3 Å². The van der Waals surface area contributed by atoms with E-state index < -0.39 is 8.25 Å². The Labute approximate surface area is 45.8 Å². The van der Waals surface area contributed by atoms with E-state index in [0.29, 0.717) is 10.5 Å². The van der Waals surface area contributed by atoms with Gasteiger partial charge in [0.2, 0.25) is 0 Å². The molecule has 3 nitrogen and oxygen atoms in total. The van der Waals surface area contributed by atoms with Crippen LogP contribution >= 0.6 is 8.25 Å². The molecule has 7 heavy (non-hydrogen) atoms. The number of hydrogen-bond donors (Lipinski definition) is 0. The van der Waals surface area contributed by atoms with Gasteiger partial charge < -0.3 is 8.74 Å². The molecule has 1 atom stereocenters. The first kappa shape index (κ1) is 6.95. The zero-order valence-corrected chi connectivity index (χ0v) is 7.01. The Morgan fingerprint density at radius 3 is 2.57 bits per heavy atom. The third-order valence-corrected chi connectivity index (χ3v) is 2.04. The summed E-state index contributed by atoms with van der Waals surface area (Å²) in [6.45, 7) is 3.19. The van der Waals surface area contributed by atoms with Crippen molar-refractivity contribution in [1.82, 2.24) is 0 Å². The van der Waals surface area contributed by atoms with Gasteiger partial charge in [-0.1, -0.05) is 6.58 Å². The standard InChI is InChI=1S/C2H7O3PSi/c1-2-4-6(3)5-7/h2,6H,1H2,7H3. The summed E-state index contributed by atoms with van der Waals surface area (Å²) < 4.78 is 18.8. The Morgan fingerprint density at radius 1 is 1.86 bits per heavy atom. The molecule has 0 rings (SSSR count). The third-order valence-electron chi connectivity index (χ3n) is 0.346. The van der Waals surface area contributed by atoms with E-state index in [9.17, 15) is 4.57 Å². The SMILES string of the molecule is C=CO[PH](=O)O[SiH3]. The Kier molecular flexibility index (Phi) is 4.08. The maximum absolute atomic E-state index is 10.1. The van der Waals surface area contributed by atoms with Gasteiger partial charge in [0.15, 0.2) is 10.5 Å². The first-order chi connectivity index (χ1) is 3.31. The van der Waals surface area contributed by atoms with Gasteiger partial charge in [-0.15, -0.1) is 0 Å². The van der Waals surface area contributed by atoms with Crippen LogP contribution in [0.25, 0.3) is 0 Å². The molecule has 0 bridgehead atoms. The molecule has 0 saturated heterocycles. The van der Waals surface area contributed by atoms with Crippen LogP contribution in [-0.4, -0.2) is 10.5 Å². The highest BCUT2D eigenvalue weighted by atomic mass is 31.1. The van der Waals surface area contributed by atoms with Gasteiger partial charge in [0.05, 0.1) is 6.26 Å². The van der Waals surface area contributed by atoms with Crippen molar-refractivity contribution in [1.29, 1.82) is 0 Å². The van der Waals surface area contributed by atoms with E-state index in [1.165, 1.54) is 0 Å². The summed E-state index contributed by atoms with van der Waals surface area (Å²) >= 11 is 0. The molecule has 0 aromatic carbocycles. The lowest BCUT2D eigenvalue weighted by atomic mass is 11.2. The monoisotopic (exact) mass is 138 g/mol. The van der Waals surface area contributed by atoms with Gasteiger partial charge in [-0.05, 0) is 0 Å². The summed E-state index contributed by atoms with van der Waals surface area (Å²) in [5.74, 6) is 0. The van der Waals surface area contributed by atoms with Crippen LogP contribution in [0.4, 0.5) is 0 Å². The fourth-order valence-corrected chi connectivity index (χ4v) is 0.637. The van der Waals surface area contributed by atoms with E-state index in [1.807, 2.05) is 0 Å². The van der Waals surface area contributed by atoms with Crippen LogP contribution in [0, 0.1) is 0 Å². The second kappa shape index (κ2) is 4.12. The second-order valence-electron chi connectivity index (χ2n) is 0.739. The zero-order chi connectivity index (χ0) is 5.70. The molecule has 0 aliphatic heterocycles. The zero-order valence-electron chi connectivity index (χ0n) is 4.01. The molecule has 1 unspecified atom stereocenters. The maximum atomic E-state index is 10.1. The van der Waals surface area contributed by atoms with Crippen LogP contribution in [0.2, 0.25) is 0 Å². The topological polar surface area (TPSA) is 35.5 Å². The van der Waals surface area contributed by atoms with Gasteiger partial charge in [0.25, 0.3) is 0 Å². The fourth-order valence-electron chi connectivity index (χ4n) is 0.116. The largest absolute Gasteiger partial charge is 0.435 e. The van der Waals surface area contributed by atoms with Gasteiger partial charge in [-0.2, -0.15) is 0 Å². The molecule has 0 fully saturated rings. The predicted octanol–water partition coefficient (Wildman–Crippen LogP) is -0.167. The molecule has 0 aromatic heterocycles. The van der Waals surface area contributed by atoms with Crippen molar-refractivity contribution in [3.05, 3.63) is 12.8 Å². The van der Waals surface area contributed by atoms with Crippen molar-refractivity contribution in [2.45, 2.75) is 0 Å². The van der Waals surface area contributed by atoms with Crippen molar-refractivity contribution in [2.24, 2.45) is 0 Å². The van der Waals surface area contributed by atoms with E-state index in [0.717, 1.165) is 6.26 Å². The first-order valence-corrected chi connectivity index (χ1v) is 3.71. The minimum Gasteiger partial charge on any atom is -0.435 e. The van der Waals surface area contributed by atoms with Crippen molar-refractivity contribution in [3.8, 4) is 0 Å². The Hall–Kier alpha value is -0.0531. The molecule has 0 amide bonds. The molecule has 0 heterocycles. The van der Waals surface area contributed by atoms with E-state index in [4.69, 9.17) is 0 Å². The lowest BCUT2D eigenvalue weighted by Gasteiger charge is -1.93. The quantitative estimate of drug-likeness (QED) is 0.308. The minimum absolute atomic E-state index is 0.447. The summed E-state index contributed by atoms with van der Waals surface area (Å²) in [6, 6.07) is 0. The van der Waals surface area contributed by atoms with Crippen LogP contribution in [0.15, 0.2) is 12.8 Å². The van der Waals surface area contributed by atoms with E-state index in [1.54, 1.807) is 0 Å². The third kappa shape index (κ3) is 3.79. The average Bonchev–Trinajstić information content (AvgIpc) is 1.68. The average molecular weight is 138 g/mol. The number of hydrogen-bond acceptors (Lipinski definition) is 3. The molecule has 0 N–H and O–H groups in total. The van der Waals surface area contributed by atoms with Crippen LogP contribution in [-0.2, 0) is 13.3 Å². The molecule has 0 saturated carbocycles. The Bertz CT molecular complexity index is 83.0. The minimum atomic E-state index is -2.19. The summed E-state index contributed by atoms with van der Waals surface area (Å²) in [6.07, 6.45) is 1.11. The van der Waals surface area contributed by atoms with Crippen molar-refractivity contribution < 1.29 is 13.3 Å². The molecule has 0 aliphatic rings. The number of rotatable bonds is 3. The fraction of sp³-hybridized carbons (Fsp3) is 0. The van der Waals surface area contributed by atoms with Gasteiger partial charge >= 0.3 is 8.25 Å². The normalized spacial score (nSPS) is 13.1. The molecule has 5 heteroatoms. The van der Waals surface area contributed by atoms with Crippen molar-refractivity contribution in [2.75, 3.05) is 0 Å². The van der Waals surface area contributed by atoms with Gasteiger partial charge in [-0.25, -0.2) is 4.57 Å². The molecule has 42 valence electrons. The molecule has 0 aliphatic carbocycles. The first-order valence-electron chi connectivity index (χ1n) is 1.66. The maximum Gasteiger partial charge on any atom is 0.356 e. The van der Waals surface area contributed by atoms with Crippen LogP contribution in [0.3, 0.4) is 0 Å². The molecular weight excluding hydrogens is 131 g/mol. The molecule has 0 spiro atoms. The predicted molar refractivity (Wildman–Crippen MR) is 31.3 cm³/mol. The Morgan fingerprint density at radius 2 is 2.43 bits per heavy atom. The van der Waals surface area contributed by atoms with Gasteiger partial charge in [-0.3, -0.25) is 0 Å². The van der Waals surface area contributed by atoms with Gasteiger partial charge in [0.1, 0.15) is 0 Å². The van der Waals surface area contributed by atoms with Gasteiger partial charge in [0, 0.05) is 0 Å². The lowest BCUT2D eigenvalue weighted by Crippen LogP contribution is -1.68. The summed E-state index contributed by atoms with van der Waals surface area (Å²) in [5, 5.41) is 0. The molecule has 0 radical (unpaired) electrons. The molecule has 0 aromatic rings. The second-order valence-corrected chi connectivity index (χ2v) is 3.11. The van der Waals surface area contributed by atoms with Crippen LogP contribution < -0.4 is 0 Å². The molecular formula is C2H7O3PSi. The van der Waals surface area contributed by atoms with Crippen molar-refractivity contribution >= 4 is 18.7 Å². The Balaban J connectivity index is 3.17. The van der Waals surface area contributed by atoms with E-state index in [-0.39, 0.29) is 0 Å². The highest BCUT2D eigenvalue weighted by Gasteiger charge is 1.84. The van der Waals surface area contributed by atoms with Crippen LogP contribution in [0.1, 0.15) is 0 Å². The highest BCUT2D eigenvalue weighted by molar-refractivity contribution is 7.34. The van der Waals surface area contributed by atoms with Crippen molar-refractivity contribution in [3.63, 3.8) is 0 Å². The summed E-state index contributed by atoms with van der Waals surface area (Å²) in [7, 11) is -1.74. The smallest absolute Gasteiger partial charge is 0.356 e. The highest BCUT2D eigenvalue weighted by Crippen LogP contribution is 2.20. The summed E-state index contributed by atoms with van der Waals surface area (Å²) in [4.78, 5) is 0. The lowest BCUT2D eigenvalue weighted by molar-refractivity contribution is 0.395. The summed E-state index contributed by atoms with van der Waals surface area (Å²) in [5.41, 5.74) is 0. The van der Waals surface area contributed by atoms with E-state index >= 15 is 0 Å².